The maximum Gasteiger partial charge on any atom is 0.403 e. The van der Waals surface area contributed by atoms with E-state index in [1.807, 2.05) is 17.0 Å². The Kier molecular flexibility index (Phi) is 8.34. The molecular formula is C15H24F3IN4O. The van der Waals surface area contributed by atoms with Gasteiger partial charge in [-0.1, -0.05) is 0 Å². The molecule has 0 saturated carbocycles. The van der Waals surface area contributed by atoms with E-state index >= 15 is 0 Å². The Balaban J connectivity index is 0.00000288. The van der Waals surface area contributed by atoms with Crippen LogP contribution < -0.4 is 5.32 Å². The zero-order valence-corrected chi connectivity index (χ0v) is 16.2. The van der Waals surface area contributed by atoms with E-state index in [0.29, 0.717) is 32.7 Å². The van der Waals surface area contributed by atoms with Crippen molar-refractivity contribution in [1.82, 2.24) is 15.1 Å². The third-order valence-electron chi connectivity index (χ3n) is 4.08. The third kappa shape index (κ3) is 5.83. The number of halogens is 4. The molecule has 1 saturated heterocycles. The summed E-state index contributed by atoms with van der Waals surface area (Å²) < 4.78 is 43.5. The molecule has 9 heteroatoms. The number of hydrogen-bond donors (Lipinski definition) is 1. The molecule has 1 aromatic heterocycles. The fourth-order valence-corrected chi connectivity index (χ4v) is 2.61. The molecule has 138 valence electrons. The minimum absolute atomic E-state index is 0. The van der Waals surface area contributed by atoms with Gasteiger partial charge in [-0.05, 0) is 19.1 Å². The lowest BCUT2D eigenvalue weighted by Crippen LogP contribution is -2.56. The molecule has 0 aliphatic carbocycles. The number of hydrogen-bond acceptors (Lipinski definition) is 3. The molecule has 2 heterocycles. The van der Waals surface area contributed by atoms with Crippen LogP contribution in [0.15, 0.2) is 27.8 Å². The minimum Gasteiger partial charge on any atom is -0.469 e. The molecule has 0 aromatic carbocycles. The predicted octanol–water partition coefficient (Wildman–Crippen LogP) is 2.58. The number of nitrogens with one attached hydrogen (secondary N) is 1. The second kappa shape index (κ2) is 9.50. The zero-order chi connectivity index (χ0) is 16.9. The molecule has 1 aromatic rings. The molecule has 1 N–H and O–H groups in total. The van der Waals surface area contributed by atoms with Crippen molar-refractivity contribution in [2.45, 2.75) is 25.6 Å². The Morgan fingerprint density at radius 3 is 2.50 bits per heavy atom. The Morgan fingerprint density at radius 2 is 2.00 bits per heavy atom. The van der Waals surface area contributed by atoms with Crippen LogP contribution in [-0.2, 0) is 6.42 Å². The molecule has 1 atom stereocenters. The Bertz CT molecular complexity index is 499. The smallest absolute Gasteiger partial charge is 0.403 e. The lowest BCUT2D eigenvalue weighted by atomic mass is 10.2. The number of alkyl halides is 3. The van der Waals surface area contributed by atoms with Crippen molar-refractivity contribution in [1.29, 1.82) is 0 Å². The topological polar surface area (TPSA) is 44.0 Å². The van der Waals surface area contributed by atoms with Crippen LogP contribution in [0.4, 0.5) is 13.2 Å². The summed E-state index contributed by atoms with van der Waals surface area (Å²) in [5.41, 5.74) is 0. The highest BCUT2D eigenvalue weighted by Gasteiger charge is 2.41. The second-order valence-electron chi connectivity index (χ2n) is 5.54. The highest BCUT2D eigenvalue weighted by molar-refractivity contribution is 14.0. The van der Waals surface area contributed by atoms with Crippen molar-refractivity contribution in [3.63, 3.8) is 0 Å². The molecular weight excluding hydrogens is 436 g/mol. The molecule has 0 radical (unpaired) electrons. The van der Waals surface area contributed by atoms with Gasteiger partial charge in [-0.15, -0.1) is 24.0 Å². The van der Waals surface area contributed by atoms with E-state index in [0.717, 1.165) is 18.1 Å². The number of nitrogens with zero attached hydrogens (tertiary/aromatic N) is 3. The fourth-order valence-electron chi connectivity index (χ4n) is 2.61. The van der Waals surface area contributed by atoms with Gasteiger partial charge < -0.3 is 14.6 Å². The number of rotatable bonds is 4. The van der Waals surface area contributed by atoms with Crippen LogP contribution in [0, 0.1) is 0 Å². The Morgan fingerprint density at radius 1 is 1.33 bits per heavy atom. The van der Waals surface area contributed by atoms with Gasteiger partial charge in [0, 0.05) is 46.2 Å². The maximum atomic E-state index is 12.8. The number of aliphatic imine (C=N–C) groups is 1. The van der Waals surface area contributed by atoms with Crippen molar-refractivity contribution in [3.8, 4) is 0 Å². The summed E-state index contributed by atoms with van der Waals surface area (Å²) in [4.78, 5) is 7.66. The first kappa shape index (κ1) is 21.1. The molecule has 5 nitrogen and oxygen atoms in total. The summed E-state index contributed by atoms with van der Waals surface area (Å²) in [5.74, 6) is 1.60. The van der Waals surface area contributed by atoms with Gasteiger partial charge in [0.05, 0.1) is 6.26 Å². The van der Waals surface area contributed by atoms with Gasteiger partial charge in [0.25, 0.3) is 0 Å². The van der Waals surface area contributed by atoms with Gasteiger partial charge >= 0.3 is 6.18 Å². The summed E-state index contributed by atoms with van der Waals surface area (Å²) in [6.07, 6.45) is -1.81. The van der Waals surface area contributed by atoms with E-state index in [2.05, 4.69) is 10.3 Å². The van der Waals surface area contributed by atoms with E-state index < -0.39 is 12.2 Å². The largest absolute Gasteiger partial charge is 0.469 e. The summed E-state index contributed by atoms with van der Waals surface area (Å²) >= 11 is 0. The van der Waals surface area contributed by atoms with Gasteiger partial charge in [-0.2, -0.15) is 13.2 Å². The average molecular weight is 460 g/mol. The summed E-state index contributed by atoms with van der Waals surface area (Å²) in [7, 11) is 1.68. The van der Waals surface area contributed by atoms with E-state index in [1.165, 1.54) is 11.8 Å². The molecule has 24 heavy (non-hydrogen) atoms. The van der Waals surface area contributed by atoms with Crippen LogP contribution in [0.1, 0.15) is 12.7 Å². The van der Waals surface area contributed by atoms with Crippen LogP contribution >= 0.6 is 24.0 Å². The third-order valence-corrected chi connectivity index (χ3v) is 4.08. The van der Waals surface area contributed by atoms with Gasteiger partial charge in [0.1, 0.15) is 11.8 Å². The van der Waals surface area contributed by atoms with Crippen LogP contribution in [0.3, 0.4) is 0 Å². The maximum absolute atomic E-state index is 12.8. The van der Waals surface area contributed by atoms with Crippen molar-refractivity contribution >= 4 is 29.9 Å². The lowest BCUT2D eigenvalue weighted by molar-refractivity contribution is -0.181. The first-order chi connectivity index (χ1) is 10.9. The van der Waals surface area contributed by atoms with Crippen molar-refractivity contribution in [2.75, 3.05) is 39.8 Å². The standard InChI is InChI=1S/C15H23F3N4O.HI/c1-12(15(16,17)18)21-7-9-22(10-8-21)14(19-2)20-6-5-13-4-3-11-23-13;/h3-4,11-12H,5-10H2,1-2H3,(H,19,20);1H. The van der Waals surface area contributed by atoms with Gasteiger partial charge in [0.15, 0.2) is 5.96 Å². The van der Waals surface area contributed by atoms with Crippen LogP contribution in [-0.4, -0.2) is 67.7 Å². The number of furan rings is 1. The number of guanidine groups is 1. The minimum atomic E-state index is -4.18. The van der Waals surface area contributed by atoms with Crippen LogP contribution in [0.25, 0.3) is 0 Å². The molecule has 0 bridgehead atoms. The van der Waals surface area contributed by atoms with Crippen LogP contribution in [0.5, 0.6) is 0 Å². The molecule has 1 unspecified atom stereocenters. The first-order valence-corrected chi connectivity index (χ1v) is 7.70. The van der Waals surface area contributed by atoms with Crippen molar-refractivity contribution in [2.24, 2.45) is 4.99 Å². The second-order valence-corrected chi connectivity index (χ2v) is 5.54. The van der Waals surface area contributed by atoms with Gasteiger partial charge in [-0.25, -0.2) is 0 Å². The quantitative estimate of drug-likeness (QED) is 0.427. The SMILES string of the molecule is CN=C(NCCc1ccco1)N1CCN(C(C)C(F)(F)F)CC1.I. The lowest BCUT2D eigenvalue weighted by Gasteiger charge is -2.39. The normalized spacial score (nSPS) is 18.2. The summed E-state index contributed by atoms with van der Waals surface area (Å²) in [6.45, 7) is 3.69. The predicted molar refractivity (Wildman–Crippen MR) is 97.9 cm³/mol. The molecule has 2 rings (SSSR count). The van der Waals surface area contributed by atoms with E-state index in [4.69, 9.17) is 4.42 Å². The summed E-state index contributed by atoms with van der Waals surface area (Å²) in [6, 6.07) is 2.34. The Labute approximate surface area is 157 Å². The van der Waals surface area contributed by atoms with Gasteiger partial charge in [0.2, 0.25) is 0 Å². The van der Waals surface area contributed by atoms with E-state index in [9.17, 15) is 13.2 Å². The highest BCUT2D eigenvalue weighted by Crippen LogP contribution is 2.25. The average Bonchev–Trinajstić information content (AvgIpc) is 3.03. The highest BCUT2D eigenvalue weighted by atomic mass is 127. The molecule has 1 aliphatic rings. The zero-order valence-electron chi connectivity index (χ0n) is 13.8. The molecule has 0 spiro atoms. The summed E-state index contributed by atoms with van der Waals surface area (Å²) in [5, 5.41) is 3.23. The first-order valence-electron chi connectivity index (χ1n) is 7.70. The molecule has 1 aliphatic heterocycles. The fraction of sp³-hybridized carbons (Fsp3) is 0.667. The number of piperazine rings is 1. The monoisotopic (exact) mass is 460 g/mol. The Hall–Kier alpha value is -0.970. The van der Waals surface area contributed by atoms with Gasteiger partial charge in [-0.3, -0.25) is 9.89 Å². The van der Waals surface area contributed by atoms with Crippen molar-refractivity contribution < 1.29 is 17.6 Å². The van der Waals surface area contributed by atoms with Crippen LogP contribution in [0.2, 0.25) is 0 Å². The van der Waals surface area contributed by atoms with Crippen molar-refractivity contribution in [3.05, 3.63) is 24.2 Å². The van der Waals surface area contributed by atoms with E-state index in [-0.39, 0.29) is 24.0 Å². The molecule has 0 amide bonds. The van der Waals surface area contributed by atoms with E-state index in [1.54, 1.807) is 13.3 Å². The molecule has 1 fully saturated rings.